The van der Waals surface area contributed by atoms with Gasteiger partial charge in [0.2, 0.25) is 11.8 Å². The largest absolute Gasteiger partial charge is 0.352 e. The summed E-state index contributed by atoms with van der Waals surface area (Å²) in [6.07, 6.45) is 1.18. The van der Waals surface area contributed by atoms with E-state index in [1.807, 2.05) is 39.0 Å². The number of benzene rings is 1. The van der Waals surface area contributed by atoms with Crippen molar-refractivity contribution in [1.82, 2.24) is 10.2 Å². The van der Waals surface area contributed by atoms with Crippen LogP contribution in [-0.2, 0) is 16.1 Å². The van der Waals surface area contributed by atoms with E-state index in [-0.39, 0.29) is 17.9 Å². The number of halogens is 1. The van der Waals surface area contributed by atoms with E-state index < -0.39 is 6.04 Å². The number of nitrogens with zero attached hydrogens (tertiary/aromatic N) is 1. The third-order valence-electron chi connectivity index (χ3n) is 3.30. The molecular weight excluding hydrogens is 300 g/mol. The van der Waals surface area contributed by atoms with Gasteiger partial charge in [-0.2, -0.15) is 0 Å². The van der Waals surface area contributed by atoms with Crippen molar-refractivity contribution in [3.05, 3.63) is 34.9 Å². The molecule has 1 atom stereocenters. The maximum Gasteiger partial charge on any atom is 0.242 e. The van der Waals surface area contributed by atoms with Crippen molar-refractivity contribution in [2.75, 3.05) is 0 Å². The molecule has 22 heavy (non-hydrogen) atoms. The molecule has 0 radical (unpaired) electrons. The highest BCUT2D eigenvalue weighted by molar-refractivity contribution is 6.30. The van der Waals surface area contributed by atoms with Crippen LogP contribution in [0.15, 0.2) is 24.3 Å². The molecule has 1 N–H and O–H groups in total. The van der Waals surface area contributed by atoms with Crippen LogP contribution in [0.1, 0.15) is 46.1 Å². The zero-order valence-corrected chi connectivity index (χ0v) is 14.5. The van der Waals surface area contributed by atoms with E-state index in [1.54, 1.807) is 17.9 Å². The fraction of sp³-hybridized carbons (Fsp3) is 0.529. The summed E-state index contributed by atoms with van der Waals surface area (Å²) in [5.41, 5.74) is 0.918. The maximum absolute atomic E-state index is 12.4. The number of amides is 2. The van der Waals surface area contributed by atoms with Crippen molar-refractivity contribution in [1.29, 1.82) is 0 Å². The average molecular weight is 325 g/mol. The number of nitrogens with one attached hydrogen (secondary N) is 1. The van der Waals surface area contributed by atoms with Crippen molar-refractivity contribution in [2.45, 2.75) is 59.2 Å². The maximum atomic E-state index is 12.4. The fourth-order valence-corrected chi connectivity index (χ4v) is 2.39. The molecule has 2 amide bonds. The smallest absolute Gasteiger partial charge is 0.242 e. The molecule has 122 valence electrons. The lowest BCUT2D eigenvalue weighted by atomic mass is 10.1. The summed E-state index contributed by atoms with van der Waals surface area (Å²) in [4.78, 5) is 26.2. The van der Waals surface area contributed by atoms with Gasteiger partial charge < -0.3 is 10.2 Å². The molecule has 0 heterocycles. The van der Waals surface area contributed by atoms with Gasteiger partial charge in [0, 0.05) is 24.0 Å². The first-order valence-electron chi connectivity index (χ1n) is 7.69. The van der Waals surface area contributed by atoms with Crippen molar-refractivity contribution < 1.29 is 9.59 Å². The predicted molar refractivity (Wildman–Crippen MR) is 89.7 cm³/mol. The highest BCUT2D eigenvalue weighted by Crippen LogP contribution is 2.15. The molecular formula is C17H25ClN2O2. The topological polar surface area (TPSA) is 49.4 Å². The molecule has 0 saturated heterocycles. The Hall–Kier alpha value is -1.55. The van der Waals surface area contributed by atoms with Crippen LogP contribution in [0.4, 0.5) is 0 Å². The van der Waals surface area contributed by atoms with Crippen LogP contribution in [0.2, 0.25) is 5.02 Å². The second-order valence-electron chi connectivity index (χ2n) is 5.74. The lowest BCUT2D eigenvalue weighted by Gasteiger charge is -2.29. The zero-order chi connectivity index (χ0) is 16.7. The summed E-state index contributed by atoms with van der Waals surface area (Å²) in [5, 5.41) is 3.48. The minimum absolute atomic E-state index is 0.0196. The number of hydrogen-bond donors (Lipinski definition) is 1. The first-order chi connectivity index (χ1) is 10.3. The molecule has 0 aromatic heterocycles. The summed E-state index contributed by atoms with van der Waals surface area (Å²) in [6, 6.07) is 6.90. The van der Waals surface area contributed by atoms with Crippen LogP contribution < -0.4 is 5.32 Å². The van der Waals surface area contributed by atoms with E-state index in [9.17, 15) is 9.59 Å². The Morgan fingerprint density at radius 2 is 1.95 bits per heavy atom. The Morgan fingerprint density at radius 1 is 1.27 bits per heavy atom. The summed E-state index contributed by atoms with van der Waals surface area (Å²) in [7, 11) is 0. The van der Waals surface area contributed by atoms with E-state index in [2.05, 4.69) is 5.32 Å². The van der Waals surface area contributed by atoms with Gasteiger partial charge in [0.05, 0.1) is 0 Å². The van der Waals surface area contributed by atoms with Crippen LogP contribution in [0.3, 0.4) is 0 Å². The van der Waals surface area contributed by atoms with Crippen molar-refractivity contribution >= 4 is 23.4 Å². The molecule has 1 aromatic rings. The minimum atomic E-state index is -0.513. The average Bonchev–Trinajstić information content (AvgIpc) is 2.43. The number of rotatable bonds is 7. The van der Waals surface area contributed by atoms with E-state index in [0.29, 0.717) is 18.0 Å². The molecule has 0 fully saturated rings. The van der Waals surface area contributed by atoms with Gasteiger partial charge in [-0.1, -0.05) is 30.7 Å². The molecule has 0 spiro atoms. The summed E-state index contributed by atoms with van der Waals surface area (Å²) in [5.74, 6) is -0.157. The van der Waals surface area contributed by atoms with Gasteiger partial charge in [0.15, 0.2) is 0 Å². The quantitative estimate of drug-likeness (QED) is 0.836. The Bertz CT molecular complexity index is 517. The van der Waals surface area contributed by atoms with Gasteiger partial charge in [0.25, 0.3) is 0 Å². The fourth-order valence-electron chi connectivity index (χ4n) is 2.18. The minimum Gasteiger partial charge on any atom is -0.352 e. The molecule has 0 bridgehead atoms. The van der Waals surface area contributed by atoms with Crippen molar-refractivity contribution in [3.63, 3.8) is 0 Å². The standard InChI is InChI=1S/C17H25ClN2O2/c1-5-7-16(21)20(13(4)17(22)19-12(2)3)11-14-8-6-9-15(18)10-14/h6,8-10,12-13H,5,7,11H2,1-4H3,(H,19,22)/t13-/m0/s1. The van der Waals surface area contributed by atoms with E-state index in [1.165, 1.54) is 0 Å². The van der Waals surface area contributed by atoms with Crippen molar-refractivity contribution in [3.8, 4) is 0 Å². The molecule has 0 aliphatic rings. The van der Waals surface area contributed by atoms with Crippen molar-refractivity contribution in [2.24, 2.45) is 0 Å². The molecule has 1 aromatic carbocycles. The third kappa shape index (κ3) is 5.68. The van der Waals surface area contributed by atoms with Crippen LogP contribution in [0, 0.1) is 0 Å². The van der Waals surface area contributed by atoms with Gasteiger partial charge in [-0.25, -0.2) is 0 Å². The summed E-state index contributed by atoms with van der Waals surface area (Å²) < 4.78 is 0. The normalized spacial score (nSPS) is 12.1. The lowest BCUT2D eigenvalue weighted by Crippen LogP contribution is -2.49. The molecule has 5 heteroatoms. The van der Waals surface area contributed by atoms with Gasteiger partial charge in [0.1, 0.15) is 6.04 Å². The van der Waals surface area contributed by atoms with Gasteiger partial charge in [-0.15, -0.1) is 0 Å². The van der Waals surface area contributed by atoms with Gasteiger partial charge in [-0.3, -0.25) is 9.59 Å². The number of carbonyl (C=O) groups is 2. The first-order valence-corrected chi connectivity index (χ1v) is 8.07. The van der Waals surface area contributed by atoms with E-state index in [0.717, 1.165) is 12.0 Å². The SMILES string of the molecule is CCCC(=O)N(Cc1cccc(Cl)c1)[C@@H](C)C(=O)NC(C)C. The molecule has 0 unspecified atom stereocenters. The Morgan fingerprint density at radius 3 is 2.50 bits per heavy atom. The second kappa shape index (κ2) is 8.79. The first kappa shape index (κ1) is 18.5. The monoisotopic (exact) mass is 324 g/mol. The lowest BCUT2D eigenvalue weighted by molar-refractivity contribution is -0.140. The Balaban J connectivity index is 2.92. The molecule has 1 rings (SSSR count). The predicted octanol–water partition coefficient (Wildman–Crippen LogP) is 3.38. The van der Waals surface area contributed by atoms with Crippen LogP contribution >= 0.6 is 11.6 Å². The summed E-state index contributed by atoms with van der Waals surface area (Å²) >= 11 is 6.00. The number of hydrogen-bond acceptors (Lipinski definition) is 2. The second-order valence-corrected chi connectivity index (χ2v) is 6.18. The van der Waals surface area contributed by atoms with E-state index in [4.69, 9.17) is 11.6 Å². The molecule has 0 aliphatic heterocycles. The van der Waals surface area contributed by atoms with Crippen LogP contribution in [0.5, 0.6) is 0 Å². The molecule has 0 saturated carbocycles. The van der Waals surface area contributed by atoms with Crippen LogP contribution in [0.25, 0.3) is 0 Å². The van der Waals surface area contributed by atoms with Gasteiger partial charge in [-0.05, 0) is 44.9 Å². The number of carbonyl (C=O) groups excluding carboxylic acids is 2. The van der Waals surface area contributed by atoms with Gasteiger partial charge >= 0.3 is 0 Å². The molecule has 0 aliphatic carbocycles. The Kier molecular flexibility index (Phi) is 7.39. The highest BCUT2D eigenvalue weighted by atomic mass is 35.5. The summed E-state index contributed by atoms with van der Waals surface area (Å²) in [6.45, 7) is 7.90. The van der Waals surface area contributed by atoms with Crippen LogP contribution in [-0.4, -0.2) is 28.8 Å². The Labute approximate surface area is 137 Å². The zero-order valence-electron chi connectivity index (χ0n) is 13.7. The molecule has 4 nitrogen and oxygen atoms in total. The highest BCUT2D eigenvalue weighted by Gasteiger charge is 2.25. The van der Waals surface area contributed by atoms with E-state index >= 15 is 0 Å². The third-order valence-corrected chi connectivity index (χ3v) is 3.54.